The van der Waals surface area contributed by atoms with Gasteiger partial charge in [-0.1, -0.05) is 6.07 Å². The summed E-state index contributed by atoms with van der Waals surface area (Å²) in [5, 5.41) is 6.32. The zero-order valence-corrected chi connectivity index (χ0v) is 23.1. The molecular formula is C30H31F3N6O3. The van der Waals surface area contributed by atoms with Gasteiger partial charge in [0.05, 0.1) is 12.2 Å². The Bertz CT molecular complexity index is 1500. The lowest BCUT2D eigenvalue weighted by atomic mass is 10.0. The molecule has 3 aliphatic heterocycles. The van der Waals surface area contributed by atoms with E-state index in [0.717, 1.165) is 34.3 Å². The number of anilines is 2. The number of piperidine rings is 1. The van der Waals surface area contributed by atoms with Crippen molar-refractivity contribution in [3.63, 3.8) is 0 Å². The van der Waals surface area contributed by atoms with Gasteiger partial charge in [0.15, 0.2) is 5.69 Å². The number of nitrogens with zero attached hydrogens (tertiary/aromatic N) is 4. The molecule has 42 heavy (non-hydrogen) atoms. The van der Waals surface area contributed by atoms with Crippen LogP contribution in [0.5, 0.6) is 0 Å². The lowest BCUT2D eigenvalue weighted by Gasteiger charge is -2.30. The molecule has 3 amide bonds. The van der Waals surface area contributed by atoms with Crippen LogP contribution in [0, 0.1) is 19.8 Å². The van der Waals surface area contributed by atoms with Gasteiger partial charge in [-0.2, -0.15) is 18.3 Å². The van der Waals surface area contributed by atoms with Gasteiger partial charge in [-0.25, -0.2) is 4.68 Å². The summed E-state index contributed by atoms with van der Waals surface area (Å²) in [4.78, 5) is 38.5. The number of alkyl halides is 3. The van der Waals surface area contributed by atoms with Gasteiger partial charge in [0.2, 0.25) is 11.8 Å². The lowest BCUT2D eigenvalue weighted by Crippen LogP contribution is -2.39. The highest BCUT2D eigenvalue weighted by Gasteiger charge is 2.43. The van der Waals surface area contributed by atoms with E-state index in [0.29, 0.717) is 30.9 Å². The molecule has 0 aliphatic carbocycles. The molecule has 9 nitrogen and oxygen atoms in total. The predicted molar refractivity (Wildman–Crippen MR) is 152 cm³/mol. The number of benzene rings is 2. The quantitative estimate of drug-likeness (QED) is 0.360. The molecule has 2 aromatic carbocycles. The van der Waals surface area contributed by atoms with E-state index in [1.807, 2.05) is 6.92 Å². The molecule has 0 radical (unpaired) electrons. The molecule has 0 atom stereocenters. The van der Waals surface area contributed by atoms with Crippen LogP contribution >= 0.6 is 0 Å². The first-order valence-electron chi connectivity index (χ1n) is 13.4. The van der Waals surface area contributed by atoms with Gasteiger partial charge < -0.3 is 20.9 Å². The maximum absolute atomic E-state index is 13.9. The molecule has 0 saturated carbocycles. The Kier molecular flexibility index (Phi) is 9.02. The van der Waals surface area contributed by atoms with E-state index in [-0.39, 0.29) is 42.6 Å². The summed E-state index contributed by atoms with van der Waals surface area (Å²) in [6.07, 6.45) is 5.63. The highest BCUT2D eigenvalue weighted by molar-refractivity contribution is 6.08. The summed E-state index contributed by atoms with van der Waals surface area (Å²) in [7, 11) is 0. The SMILES string of the molecule is C#C.Cc1ccc(-n2nc(C(F)(F)F)c3c2C(=O)N(c2ccc(N4CCCCC4=O)cc2)CC3)cc1CN.O=C1CN1. The summed E-state index contributed by atoms with van der Waals surface area (Å²) in [5.41, 5.74) is 7.85. The number of halogens is 3. The van der Waals surface area contributed by atoms with Gasteiger partial charge in [-0.05, 0) is 73.7 Å². The summed E-state index contributed by atoms with van der Waals surface area (Å²) >= 11 is 0. The number of nitrogens with one attached hydrogen (secondary N) is 1. The highest BCUT2D eigenvalue weighted by Crippen LogP contribution is 2.37. The zero-order chi connectivity index (χ0) is 30.6. The molecule has 3 N–H and O–H groups in total. The average molecular weight is 581 g/mol. The van der Waals surface area contributed by atoms with Gasteiger partial charge in [0, 0.05) is 43.0 Å². The van der Waals surface area contributed by atoms with Gasteiger partial charge >= 0.3 is 6.18 Å². The van der Waals surface area contributed by atoms with Crippen molar-refractivity contribution in [1.82, 2.24) is 15.1 Å². The first-order chi connectivity index (χ1) is 20.1. The van der Waals surface area contributed by atoms with Crippen molar-refractivity contribution >= 4 is 29.1 Å². The smallest absolute Gasteiger partial charge is 0.346 e. The molecule has 0 bridgehead atoms. The van der Waals surface area contributed by atoms with Crippen LogP contribution < -0.4 is 20.9 Å². The fourth-order valence-corrected chi connectivity index (χ4v) is 4.96. The Morgan fingerprint density at radius 2 is 1.52 bits per heavy atom. The molecule has 0 spiro atoms. The van der Waals surface area contributed by atoms with E-state index in [1.165, 1.54) is 4.90 Å². The van der Waals surface area contributed by atoms with Gasteiger partial charge in [0.25, 0.3) is 5.91 Å². The normalized spacial score (nSPS) is 16.0. The molecule has 220 valence electrons. The average Bonchev–Trinajstić information content (AvgIpc) is 3.66. The second kappa shape index (κ2) is 12.5. The first-order valence-corrected chi connectivity index (χ1v) is 13.4. The van der Waals surface area contributed by atoms with Crippen molar-refractivity contribution < 1.29 is 27.6 Å². The number of carbonyl (C=O) groups excluding carboxylic acids is 3. The zero-order valence-electron chi connectivity index (χ0n) is 23.1. The van der Waals surface area contributed by atoms with Crippen LogP contribution in [-0.2, 0) is 28.7 Å². The number of carbonyl (C=O) groups is 3. The van der Waals surface area contributed by atoms with Crippen LogP contribution in [0.1, 0.15) is 52.1 Å². The van der Waals surface area contributed by atoms with E-state index >= 15 is 0 Å². The van der Waals surface area contributed by atoms with Crippen molar-refractivity contribution in [1.29, 1.82) is 0 Å². The fourth-order valence-electron chi connectivity index (χ4n) is 4.96. The van der Waals surface area contributed by atoms with Gasteiger partial charge in [0.1, 0.15) is 5.69 Å². The topological polar surface area (TPSA) is 123 Å². The Balaban J connectivity index is 0.000000612. The van der Waals surface area contributed by atoms with Crippen LogP contribution in [-0.4, -0.2) is 47.1 Å². The third-order valence-electron chi connectivity index (χ3n) is 7.20. The molecule has 1 aromatic heterocycles. The number of terminal acetylenes is 1. The number of aryl methyl sites for hydroxylation is 1. The van der Waals surface area contributed by atoms with E-state index in [1.54, 1.807) is 47.4 Å². The number of fused-ring (bicyclic) bond motifs is 1. The number of aromatic nitrogens is 2. The summed E-state index contributed by atoms with van der Waals surface area (Å²) < 4.78 is 42.7. The number of rotatable bonds is 4. The second-order valence-electron chi connectivity index (χ2n) is 9.90. The van der Waals surface area contributed by atoms with Crippen molar-refractivity contribution in [2.75, 3.05) is 29.4 Å². The largest absolute Gasteiger partial charge is 0.435 e. The molecule has 2 fully saturated rings. The minimum atomic E-state index is -4.69. The molecule has 0 unspecified atom stereocenters. The summed E-state index contributed by atoms with van der Waals surface area (Å²) in [6.45, 7) is 3.40. The third-order valence-corrected chi connectivity index (χ3v) is 7.20. The van der Waals surface area contributed by atoms with E-state index in [2.05, 4.69) is 23.3 Å². The maximum Gasteiger partial charge on any atom is 0.435 e. The monoisotopic (exact) mass is 580 g/mol. The Morgan fingerprint density at radius 1 is 0.929 bits per heavy atom. The Morgan fingerprint density at radius 3 is 2.07 bits per heavy atom. The van der Waals surface area contributed by atoms with Gasteiger partial charge in [-0.15, -0.1) is 12.8 Å². The maximum atomic E-state index is 13.9. The van der Waals surface area contributed by atoms with E-state index in [4.69, 9.17) is 5.73 Å². The number of hydrogen-bond donors (Lipinski definition) is 2. The Labute approximate surface area is 241 Å². The molecule has 3 aromatic rings. The molecule has 3 aliphatic rings. The third kappa shape index (κ3) is 6.31. The van der Waals surface area contributed by atoms with Crippen LogP contribution in [0.2, 0.25) is 0 Å². The van der Waals surface area contributed by atoms with E-state index in [9.17, 15) is 27.6 Å². The standard InChI is InChI=1S/C26H26F3N5O2.C2H3NO.C2H2/c1-16-5-6-20(14-17(16)15-30)34-23-21(24(31-34)26(27,28)29)11-13-33(25(23)36)19-9-7-18(8-10-19)32-12-3-2-4-22(32)35;4-2-1-3-2;1-2/h5-10,14H,2-4,11-13,15,30H2,1H3;1H2,(H,3,4);1-2H. The van der Waals surface area contributed by atoms with E-state index < -0.39 is 17.8 Å². The van der Waals surface area contributed by atoms with Crippen molar-refractivity contribution in [2.24, 2.45) is 5.73 Å². The second-order valence-corrected chi connectivity index (χ2v) is 9.90. The highest BCUT2D eigenvalue weighted by atomic mass is 19.4. The molecule has 4 heterocycles. The number of nitrogens with two attached hydrogens (primary N) is 1. The van der Waals surface area contributed by atoms with Crippen LogP contribution in [0.3, 0.4) is 0 Å². The van der Waals surface area contributed by atoms with Gasteiger partial charge in [-0.3, -0.25) is 14.4 Å². The van der Waals surface area contributed by atoms with Crippen molar-refractivity contribution in [3.8, 4) is 18.5 Å². The summed E-state index contributed by atoms with van der Waals surface area (Å²) in [5.74, 6) is -0.331. The minimum absolute atomic E-state index is 0.0118. The van der Waals surface area contributed by atoms with Crippen LogP contribution in [0.4, 0.5) is 24.5 Å². The number of amides is 3. The number of hydrogen-bond acceptors (Lipinski definition) is 5. The lowest BCUT2D eigenvalue weighted by molar-refractivity contribution is -0.142. The molecular weight excluding hydrogens is 549 g/mol. The van der Waals surface area contributed by atoms with Crippen molar-refractivity contribution in [2.45, 2.75) is 45.3 Å². The predicted octanol–water partition coefficient (Wildman–Crippen LogP) is 3.74. The van der Waals surface area contributed by atoms with Crippen LogP contribution in [0.25, 0.3) is 5.69 Å². The molecule has 6 rings (SSSR count). The Hall–Kier alpha value is -4.63. The molecule has 2 saturated heterocycles. The first kappa shape index (κ1) is 30.3. The minimum Gasteiger partial charge on any atom is -0.346 e. The fraction of sp³-hybridized carbons (Fsp3) is 0.333. The van der Waals surface area contributed by atoms with Crippen LogP contribution in [0.15, 0.2) is 42.5 Å². The summed E-state index contributed by atoms with van der Waals surface area (Å²) in [6, 6.07) is 12.1. The van der Waals surface area contributed by atoms with Crippen molar-refractivity contribution in [3.05, 3.63) is 70.5 Å². The molecule has 12 heteroatoms.